The molecule has 0 fully saturated rings. The van der Waals surface area contributed by atoms with Crippen LogP contribution in [0, 0.1) is 0 Å². The van der Waals surface area contributed by atoms with E-state index in [2.05, 4.69) is 19.9 Å². The molecule has 2 N–H and O–H groups in total. The van der Waals surface area contributed by atoms with Crippen LogP contribution in [-0.2, 0) is 0 Å². The summed E-state index contributed by atoms with van der Waals surface area (Å²) >= 11 is 0. The van der Waals surface area contributed by atoms with Gasteiger partial charge in [-0.05, 0) is 6.07 Å². The summed E-state index contributed by atoms with van der Waals surface area (Å²) in [7, 11) is 0. The molecule has 0 bridgehead atoms. The minimum atomic E-state index is -0.199. The zero-order chi connectivity index (χ0) is 7.94. The summed E-state index contributed by atoms with van der Waals surface area (Å²) in [5, 5.41) is 8.28. The monoisotopic (exact) mass is 153 g/mol. The summed E-state index contributed by atoms with van der Waals surface area (Å²) in [6, 6.07) is 3.14. The number of rotatable bonds is 0. The van der Waals surface area contributed by atoms with Crippen LogP contribution in [0.2, 0.25) is 0 Å². The van der Waals surface area contributed by atoms with Gasteiger partial charge in [0.25, 0.3) is 5.56 Å². The topological polar surface area (TPSA) is 74.7 Å². The third-order valence-electron chi connectivity index (χ3n) is 0.853. The lowest BCUT2D eigenvalue weighted by Crippen LogP contribution is -1.91. The molecule has 0 unspecified atom stereocenters. The molecule has 0 saturated carbocycles. The molecule has 58 valence electrons. The summed E-state index contributed by atoms with van der Waals surface area (Å²) in [5.41, 5.74) is -0.199. The average molecular weight is 153 g/mol. The summed E-state index contributed by atoms with van der Waals surface area (Å²) in [6.07, 6.45) is 4.75. The van der Waals surface area contributed by atoms with Gasteiger partial charge in [-0.15, -0.1) is 0 Å². The molecule has 0 aliphatic heterocycles. The number of hydrogen-bond donors (Lipinski definition) is 2. The Labute approximate surface area is 62.0 Å². The van der Waals surface area contributed by atoms with E-state index < -0.39 is 0 Å². The highest BCUT2D eigenvalue weighted by Crippen LogP contribution is 1.64. The summed E-state index contributed by atoms with van der Waals surface area (Å²) < 4.78 is 4.28. The van der Waals surface area contributed by atoms with Gasteiger partial charge >= 0.3 is 0 Å². The van der Waals surface area contributed by atoms with Gasteiger partial charge in [-0.3, -0.25) is 9.89 Å². The van der Waals surface area contributed by atoms with Crippen LogP contribution >= 0.6 is 0 Å². The van der Waals surface area contributed by atoms with Crippen molar-refractivity contribution in [3.8, 4) is 0 Å². The van der Waals surface area contributed by atoms with Crippen molar-refractivity contribution in [2.45, 2.75) is 0 Å². The maximum Gasteiger partial charge on any atom is 0.279 e. The lowest BCUT2D eigenvalue weighted by Gasteiger charge is -1.54. The van der Waals surface area contributed by atoms with E-state index in [9.17, 15) is 4.79 Å². The molecule has 0 atom stereocenters. The van der Waals surface area contributed by atoms with Crippen molar-refractivity contribution in [3.63, 3.8) is 0 Å². The van der Waals surface area contributed by atoms with Crippen molar-refractivity contribution >= 4 is 0 Å². The predicted octanol–water partition coefficient (Wildman–Crippen LogP) is 0.378. The molecule has 0 radical (unpaired) electrons. The first-order chi connectivity index (χ1) is 5.39. The Bertz CT molecular complexity index is 274. The Morgan fingerprint density at radius 2 is 2.45 bits per heavy atom. The van der Waals surface area contributed by atoms with Crippen molar-refractivity contribution in [2.75, 3.05) is 0 Å². The number of nitrogens with one attached hydrogen (secondary N) is 2. The first-order valence-electron chi connectivity index (χ1n) is 2.95. The van der Waals surface area contributed by atoms with Gasteiger partial charge < -0.3 is 4.52 Å². The third-order valence-corrected chi connectivity index (χ3v) is 0.853. The van der Waals surface area contributed by atoms with Gasteiger partial charge in [0.15, 0.2) is 0 Å². The molecule has 0 aromatic carbocycles. The average Bonchev–Trinajstić information content (AvgIpc) is 2.57. The first-order valence-corrected chi connectivity index (χ1v) is 2.95. The minimum absolute atomic E-state index is 0.199. The van der Waals surface area contributed by atoms with E-state index in [0.717, 1.165) is 0 Å². The van der Waals surface area contributed by atoms with Crippen LogP contribution < -0.4 is 5.56 Å². The van der Waals surface area contributed by atoms with E-state index >= 15 is 0 Å². The highest BCUT2D eigenvalue weighted by atomic mass is 16.5. The Morgan fingerprint density at radius 3 is 2.64 bits per heavy atom. The molecule has 2 rings (SSSR count). The summed E-state index contributed by atoms with van der Waals surface area (Å²) in [4.78, 5) is 9.92. The maximum atomic E-state index is 9.92. The van der Waals surface area contributed by atoms with Gasteiger partial charge in [0.05, 0.1) is 0 Å². The normalized spacial score (nSPS) is 8.36. The maximum absolute atomic E-state index is 9.92. The number of H-pyrrole nitrogens is 2. The molecule has 11 heavy (non-hydrogen) atoms. The quantitative estimate of drug-likeness (QED) is 0.574. The third kappa shape index (κ3) is 3.04. The molecule has 2 aromatic heterocycles. The number of nitrogens with zero attached hydrogens (tertiary/aromatic N) is 1. The molecule has 2 heterocycles. The molecule has 0 aliphatic carbocycles. The Balaban J connectivity index is 0.000000112. The van der Waals surface area contributed by atoms with Crippen molar-refractivity contribution in [3.05, 3.63) is 41.1 Å². The van der Waals surface area contributed by atoms with Gasteiger partial charge in [0.1, 0.15) is 6.26 Å². The van der Waals surface area contributed by atoms with E-state index in [1.807, 2.05) is 6.07 Å². The van der Waals surface area contributed by atoms with Crippen LogP contribution in [0.5, 0.6) is 0 Å². The minimum Gasteiger partial charge on any atom is -0.387 e. The first kappa shape index (κ1) is 7.33. The number of aromatic nitrogens is 3. The zero-order valence-corrected chi connectivity index (χ0v) is 5.65. The summed E-state index contributed by atoms with van der Waals surface area (Å²) in [5.74, 6) is 0. The lowest BCUT2D eigenvalue weighted by atomic mass is 10.8. The van der Waals surface area contributed by atoms with Crippen LogP contribution in [0.1, 0.15) is 0 Å². The summed E-state index contributed by atoms with van der Waals surface area (Å²) in [6.45, 7) is 0. The Morgan fingerprint density at radius 1 is 1.55 bits per heavy atom. The molecule has 0 amide bonds. The van der Waals surface area contributed by atoms with Gasteiger partial charge in [-0.2, -0.15) is 10.3 Å². The molecule has 0 saturated heterocycles. The van der Waals surface area contributed by atoms with E-state index in [1.54, 1.807) is 12.4 Å². The second-order valence-corrected chi connectivity index (χ2v) is 1.65. The standard InChI is InChI=1S/C3H4N2.C3H3NO2/c1-2-4-5-3-1;5-3-1-2-6-4-3/h1-3H,(H,4,5);1-2H,(H,4,5). The second-order valence-electron chi connectivity index (χ2n) is 1.65. The van der Waals surface area contributed by atoms with Crippen LogP contribution in [0.3, 0.4) is 0 Å². The van der Waals surface area contributed by atoms with Crippen LogP contribution in [0.15, 0.2) is 40.1 Å². The molecule has 0 spiro atoms. The predicted molar refractivity (Wildman–Crippen MR) is 37.9 cm³/mol. The van der Waals surface area contributed by atoms with Gasteiger partial charge in [-0.25, -0.2) is 0 Å². The lowest BCUT2D eigenvalue weighted by molar-refractivity contribution is 0.413. The van der Waals surface area contributed by atoms with Gasteiger partial charge in [-0.1, -0.05) is 0 Å². The highest BCUT2D eigenvalue weighted by Gasteiger charge is 1.73. The molecule has 2 aromatic rings. The van der Waals surface area contributed by atoms with Crippen molar-refractivity contribution in [2.24, 2.45) is 0 Å². The molecular formula is C6H7N3O2. The number of hydrogen-bond acceptors (Lipinski definition) is 3. The van der Waals surface area contributed by atoms with E-state index in [-0.39, 0.29) is 5.56 Å². The molecule has 5 nitrogen and oxygen atoms in total. The molecule has 5 heteroatoms. The molecule has 0 aliphatic rings. The van der Waals surface area contributed by atoms with E-state index in [4.69, 9.17) is 0 Å². The highest BCUT2D eigenvalue weighted by molar-refractivity contribution is 4.72. The number of aromatic amines is 2. The van der Waals surface area contributed by atoms with Crippen LogP contribution in [-0.4, -0.2) is 15.4 Å². The van der Waals surface area contributed by atoms with Crippen LogP contribution in [0.25, 0.3) is 0 Å². The van der Waals surface area contributed by atoms with E-state index in [1.165, 1.54) is 12.3 Å². The molecular weight excluding hydrogens is 146 g/mol. The van der Waals surface area contributed by atoms with Gasteiger partial charge in [0.2, 0.25) is 0 Å². The Hall–Kier alpha value is -1.78. The van der Waals surface area contributed by atoms with Crippen molar-refractivity contribution in [1.29, 1.82) is 0 Å². The van der Waals surface area contributed by atoms with E-state index in [0.29, 0.717) is 0 Å². The van der Waals surface area contributed by atoms with Gasteiger partial charge in [0, 0.05) is 18.5 Å². The fraction of sp³-hybridized carbons (Fsp3) is 0. The largest absolute Gasteiger partial charge is 0.387 e. The smallest absolute Gasteiger partial charge is 0.279 e. The Kier molecular flexibility index (Phi) is 2.73. The van der Waals surface area contributed by atoms with Crippen molar-refractivity contribution < 1.29 is 4.52 Å². The van der Waals surface area contributed by atoms with Crippen molar-refractivity contribution in [1.82, 2.24) is 15.4 Å². The van der Waals surface area contributed by atoms with Crippen LogP contribution in [0.4, 0.5) is 0 Å². The zero-order valence-electron chi connectivity index (χ0n) is 5.65. The fourth-order valence-electron chi connectivity index (χ4n) is 0.437. The SMILES string of the molecule is O=c1cco[nH]1.c1cn[nH]c1. The second kappa shape index (κ2) is 4.10. The fourth-order valence-corrected chi connectivity index (χ4v) is 0.437.